The molecule has 0 aliphatic rings. The molecule has 0 spiro atoms. The fraction of sp³-hybridized carbons (Fsp3) is 0.500. The maximum Gasteiger partial charge on any atom is 0.191 e. The van der Waals surface area contributed by atoms with Crippen LogP contribution < -0.4 is 10.6 Å². The van der Waals surface area contributed by atoms with Crippen molar-refractivity contribution in [2.24, 2.45) is 12.0 Å². The Labute approximate surface area is 122 Å². The summed E-state index contributed by atoms with van der Waals surface area (Å²) in [5.74, 6) is 1.58. The van der Waals surface area contributed by atoms with Gasteiger partial charge in [0, 0.05) is 19.0 Å². The Hall–Kier alpha value is -1.96. The van der Waals surface area contributed by atoms with E-state index in [1.54, 1.807) is 23.1 Å². The molecule has 7 nitrogen and oxygen atoms in total. The Morgan fingerprint density at radius 1 is 1.35 bits per heavy atom. The van der Waals surface area contributed by atoms with Gasteiger partial charge >= 0.3 is 0 Å². The normalized spacial score (nSPS) is 11.7. The zero-order chi connectivity index (χ0) is 14.5. The minimum Gasteiger partial charge on any atom is -0.350 e. The van der Waals surface area contributed by atoms with Gasteiger partial charge < -0.3 is 10.6 Å². The van der Waals surface area contributed by atoms with Crippen LogP contribution in [-0.2, 0) is 20.1 Å². The predicted molar refractivity (Wildman–Crippen MR) is 79.6 cm³/mol. The molecule has 2 aromatic heterocycles. The van der Waals surface area contributed by atoms with Crippen LogP contribution in [0.15, 0.2) is 11.3 Å². The predicted octanol–water partition coefficient (Wildman–Crippen LogP) is 0.754. The van der Waals surface area contributed by atoms with Crippen LogP contribution in [0.25, 0.3) is 0 Å². The molecule has 0 unspecified atom stereocenters. The SMILES string of the molecule is CN=C(NCc1nc(C)c(C)s1)NCc1ncnn1C. The first-order valence-electron chi connectivity index (χ1n) is 6.30. The van der Waals surface area contributed by atoms with Crippen molar-refractivity contribution in [1.29, 1.82) is 0 Å². The summed E-state index contributed by atoms with van der Waals surface area (Å²) in [4.78, 5) is 14.1. The lowest BCUT2D eigenvalue weighted by molar-refractivity contribution is 0.672. The first kappa shape index (κ1) is 14.4. The lowest BCUT2D eigenvalue weighted by Crippen LogP contribution is -2.36. The van der Waals surface area contributed by atoms with Crippen LogP contribution in [0, 0.1) is 13.8 Å². The molecular formula is C12H19N7S. The van der Waals surface area contributed by atoms with E-state index in [2.05, 4.69) is 37.6 Å². The van der Waals surface area contributed by atoms with Crippen LogP contribution in [0.2, 0.25) is 0 Å². The van der Waals surface area contributed by atoms with E-state index in [0.29, 0.717) is 13.1 Å². The van der Waals surface area contributed by atoms with Gasteiger partial charge in [0.2, 0.25) is 0 Å². The largest absolute Gasteiger partial charge is 0.350 e. The molecule has 0 aliphatic carbocycles. The van der Waals surface area contributed by atoms with E-state index >= 15 is 0 Å². The summed E-state index contributed by atoms with van der Waals surface area (Å²) in [6, 6.07) is 0. The lowest BCUT2D eigenvalue weighted by Gasteiger charge is -2.10. The summed E-state index contributed by atoms with van der Waals surface area (Å²) in [7, 11) is 3.60. The molecule has 0 aromatic carbocycles. The number of aryl methyl sites for hydroxylation is 3. The molecule has 0 radical (unpaired) electrons. The topological polar surface area (TPSA) is 80.0 Å². The summed E-state index contributed by atoms with van der Waals surface area (Å²) >= 11 is 1.70. The van der Waals surface area contributed by atoms with E-state index in [1.165, 1.54) is 11.2 Å². The number of rotatable bonds is 4. The number of aliphatic imine (C=N–C) groups is 1. The fourth-order valence-corrected chi connectivity index (χ4v) is 2.51. The Morgan fingerprint density at radius 3 is 2.65 bits per heavy atom. The fourth-order valence-electron chi connectivity index (χ4n) is 1.64. The molecule has 108 valence electrons. The molecule has 2 heterocycles. The summed E-state index contributed by atoms with van der Waals surface area (Å²) in [6.45, 7) is 5.35. The first-order valence-corrected chi connectivity index (χ1v) is 7.12. The molecule has 0 bridgehead atoms. The zero-order valence-corrected chi connectivity index (χ0v) is 13.0. The van der Waals surface area contributed by atoms with Gasteiger partial charge in [-0.15, -0.1) is 11.3 Å². The standard InChI is InChI=1S/C12H19N7S/c1-8-9(2)20-11(18-8)6-15-12(13-3)14-5-10-16-7-17-19(10)4/h7H,5-6H2,1-4H3,(H2,13,14,15). The highest BCUT2D eigenvalue weighted by atomic mass is 32.1. The molecule has 0 amide bonds. The van der Waals surface area contributed by atoms with Crippen LogP contribution in [0.3, 0.4) is 0 Å². The minimum absolute atomic E-state index is 0.575. The number of hydrogen-bond donors (Lipinski definition) is 2. The van der Waals surface area contributed by atoms with Crippen LogP contribution in [0.5, 0.6) is 0 Å². The molecule has 0 fully saturated rings. The van der Waals surface area contributed by atoms with Crippen molar-refractivity contribution in [3.8, 4) is 0 Å². The van der Waals surface area contributed by atoms with Crippen molar-refractivity contribution in [3.63, 3.8) is 0 Å². The second-order valence-corrected chi connectivity index (χ2v) is 5.62. The Balaban J connectivity index is 1.85. The molecule has 0 aliphatic heterocycles. The van der Waals surface area contributed by atoms with E-state index in [1.807, 2.05) is 14.0 Å². The maximum absolute atomic E-state index is 4.49. The van der Waals surface area contributed by atoms with Gasteiger partial charge in [0.05, 0.1) is 18.8 Å². The summed E-state index contributed by atoms with van der Waals surface area (Å²) in [5.41, 5.74) is 1.09. The molecule has 2 rings (SSSR count). The van der Waals surface area contributed by atoms with Gasteiger partial charge in [-0.2, -0.15) is 5.10 Å². The van der Waals surface area contributed by atoms with E-state index < -0.39 is 0 Å². The number of nitrogens with zero attached hydrogens (tertiary/aromatic N) is 5. The highest BCUT2D eigenvalue weighted by Crippen LogP contribution is 2.15. The number of hydrogen-bond acceptors (Lipinski definition) is 5. The monoisotopic (exact) mass is 293 g/mol. The van der Waals surface area contributed by atoms with Crippen LogP contribution >= 0.6 is 11.3 Å². The summed E-state index contributed by atoms with van der Waals surface area (Å²) < 4.78 is 1.73. The molecule has 0 saturated heterocycles. The Bertz CT molecular complexity index is 579. The van der Waals surface area contributed by atoms with Crippen LogP contribution in [-0.4, -0.2) is 32.8 Å². The van der Waals surface area contributed by atoms with Gasteiger partial charge in [-0.25, -0.2) is 9.97 Å². The number of nitrogens with one attached hydrogen (secondary N) is 2. The highest BCUT2D eigenvalue weighted by molar-refractivity contribution is 7.11. The molecule has 20 heavy (non-hydrogen) atoms. The van der Waals surface area contributed by atoms with E-state index in [9.17, 15) is 0 Å². The quantitative estimate of drug-likeness (QED) is 0.642. The maximum atomic E-state index is 4.49. The van der Waals surface area contributed by atoms with Gasteiger partial charge in [-0.05, 0) is 13.8 Å². The minimum atomic E-state index is 0.575. The molecule has 2 N–H and O–H groups in total. The smallest absolute Gasteiger partial charge is 0.191 e. The van der Waals surface area contributed by atoms with Crippen molar-refractivity contribution in [2.45, 2.75) is 26.9 Å². The first-order chi connectivity index (χ1) is 9.60. The molecule has 0 saturated carbocycles. The van der Waals surface area contributed by atoms with Gasteiger partial charge in [-0.3, -0.25) is 9.67 Å². The average Bonchev–Trinajstić information content (AvgIpc) is 2.97. The molecule has 8 heteroatoms. The van der Waals surface area contributed by atoms with Crippen molar-refractivity contribution in [3.05, 3.63) is 27.7 Å². The molecular weight excluding hydrogens is 274 g/mol. The van der Waals surface area contributed by atoms with Gasteiger partial charge in [0.1, 0.15) is 17.2 Å². The third-order valence-electron chi connectivity index (χ3n) is 2.92. The number of thiazole rings is 1. The summed E-state index contributed by atoms with van der Waals surface area (Å²) in [5, 5.41) is 11.5. The number of aromatic nitrogens is 4. The molecule has 2 aromatic rings. The second-order valence-electron chi connectivity index (χ2n) is 4.33. The second kappa shape index (κ2) is 6.47. The Morgan fingerprint density at radius 2 is 2.10 bits per heavy atom. The van der Waals surface area contributed by atoms with E-state index in [4.69, 9.17) is 0 Å². The third kappa shape index (κ3) is 3.53. The third-order valence-corrected chi connectivity index (χ3v) is 4.00. The highest BCUT2D eigenvalue weighted by Gasteiger charge is 2.06. The Kier molecular flexibility index (Phi) is 4.67. The summed E-state index contributed by atoms with van der Waals surface area (Å²) in [6.07, 6.45) is 1.54. The van der Waals surface area contributed by atoms with Crippen LogP contribution in [0.4, 0.5) is 0 Å². The van der Waals surface area contributed by atoms with E-state index in [0.717, 1.165) is 22.5 Å². The van der Waals surface area contributed by atoms with Gasteiger partial charge in [-0.1, -0.05) is 0 Å². The van der Waals surface area contributed by atoms with E-state index in [-0.39, 0.29) is 0 Å². The van der Waals surface area contributed by atoms with Crippen molar-refractivity contribution in [1.82, 2.24) is 30.4 Å². The van der Waals surface area contributed by atoms with Crippen LogP contribution in [0.1, 0.15) is 21.4 Å². The zero-order valence-electron chi connectivity index (χ0n) is 12.1. The lowest BCUT2D eigenvalue weighted by atomic mass is 10.4. The van der Waals surface area contributed by atoms with Crippen molar-refractivity contribution in [2.75, 3.05) is 7.05 Å². The number of guanidine groups is 1. The van der Waals surface area contributed by atoms with Gasteiger partial charge in [0.25, 0.3) is 0 Å². The van der Waals surface area contributed by atoms with Gasteiger partial charge in [0.15, 0.2) is 5.96 Å². The van der Waals surface area contributed by atoms with Crippen molar-refractivity contribution >= 4 is 17.3 Å². The average molecular weight is 293 g/mol. The van der Waals surface area contributed by atoms with Crippen molar-refractivity contribution < 1.29 is 0 Å². The molecule has 0 atom stereocenters.